The molecule has 0 radical (unpaired) electrons. The zero-order valence-electron chi connectivity index (χ0n) is 13.9. The van der Waals surface area contributed by atoms with E-state index >= 15 is 0 Å². The van der Waals surface area contributed by atoms with Crippen LogP contribution < -0.4 is 15.8 Å². The molecule has 1 amide bonds. The van der Waals surface area contributed by atoms with E-state index in [1.54, 1.807) is 31.2 Å². The van der Waals surface area contributed by atoms with Gasteiger partial charge < -0.3 is 15.8 Å². The van der Waals surface area contributed by atoms with Gasteiger partial charge in [-0.25, -0.2) is 0 Å². The van der Waals surface area contributed by atoms with Crippen LogP contribution in [-0.4, -0.2) is 12.0 Å². The van der Waals surface area contributed by atoms with Gasteiger partial charge >= 0.3 is 0 Å². The molecule has 2 aromatic rings. The van der Waals surface area contributed by atoms with Gasteiger partial charge in [0.2, 0.25) is 0 Å². The van der Waals surface area contributed by atoms with E-state index in [1.807, 2.05) is 24.3 Å². The SMILES string of the molecule is CC[C@@H](C)c1ccccc1O[C@@H](C)C(=O)Nc1cccc(N)c1. The Morgan fingerprint density at radius 1 is 1.17 bits per heavy atom. The maximum absolute atomic E-state index is 12.3. The van der Waals surface area contributed by atoms with Gasteiger partial charge in [0.05, 0.1) is 0 Å². The second-order valence-electron chi connectivity index (χ2n) is 5.72. The molecule has 4 nitrogen and oxygen atoms in total. The third-order valence-electron chi connectivity index (χ3n) is 3.89. The van der Waals surface area contributed by atoms with Crippen molar-refractivity contribution in [2.45, 2.75) is 39.2 Å². The number of anilines is 2. The molecule has 2 rings (SSSR count). The number of ether oxygens (including phenoxy) is 1. The summed E-state index contributed by atoms with van der Waals surface area (Å²) in [6.45, 7) is 6.03. The number of nitrogens with two attached hydrogens (primary N) is 1. The molecule has 23 heavy (non-hydrogen) atoms. The van der Waals surface area contributed by atoms with Crippen molar-refractivity contribution in [3.8, 4) is 5.75 Å². The molecular formula is C19H24N2O2. The molecule has 122 valence electrons. The van der Waals surface area contributed by atoms with Crippen LogP contribution in [0.15, 0.2) is 48.5 Å². The number of carbonyl (C=O) groups excluding carboxylic acids is 1. The van der Waals surface area contributed by atoms with Crippen LogP contribution in [0.1, 0.15) is 38.7 Å². The largest absolute Gasteiger partial charge is 0.481 e. The topological polar surface area (TPSA) is 64.3 Å². The Morgan fingerprint density at radius 3 is 2.61 bits per heavy atom. The number of hydrogen-bond donors (Lipinski definition) is 2. The normalized spacial score (nSPS) is 13.2. The van der Waals surface area contributed by atoms with Crippen molar-refractivity contribution in [2.75, 3.05) is 11.1 Å². The second-order valence-corrected chi connectivity index (χ2v) is 5.72. The van der Waals surface area contributed by atoms with Crippen LogP contribution >= 0.6 is 0 Å². The molecule has 0 aliphatic heterocycles. The molecule has 0 saturated heterocycles. The highest BCUT2D eigenvalue weighted by Gasteiger charge is 2.18. The van der Waals surface area contributed by atoms with Crippen molar-refractivity contribution >= 4 is 17.3 Å². The van der Waals surface area contributed by atoms with E-state index in [2.05, 4.69) is 19.2 Å². The first-order valence-electron chi connectivity index (χ1n) is 7.93. The van der Waals surface area contributed by atoms with Gasteiger partial charge in [-0.2, -0.15) is 0 Å². The van der Waals surface area contributed by atoms with Crippen molar-refractivity contribution in [2.24, 2.45) is 0 Å². The summed E-state index contributed by atoms with van der Waals surface area (Å²) in [7, 11) is 0. The Morgan fingerprint density at radius 2 is 1.91 bits per heavy atom. The van der Waals surface area contributed by atoms with Crippen LogP contribution in [0.2, 0.25) is 0 Å². The number of benzene rings is 2. The Kier molecular flexibility index (Phi) is 5.63. The molecule has 0 unspecified atom stereocenters. The molecular weight excluding hydrogens is 288 g/mol. The summed E-state index contributed by atoms with van der Waals surface area (Å²) in [5, 5.41) is 2.82. The van der Waals surface area contributed by atoms with Crippen LogP contribution in [-0.2, 0) is 4.79 Å². The minimum Gasteiger partial charge on any atom is -0.481 e. The lowest BCUT2D eigenvalue weighted by atomic mass is 9.98. The summed E-state index contributed by atoms with van der Waals surface area (Å²) in [5.74, 6) is 0.946. The molecule has 0 aliphatic carbocycles. The lowest BCUT2D eigenvalue weighted by Crippen LogP contribution is -2.30. The van der Waals surface area contributed by atoms with Crippen molar-refractivity contribution in [3.63, 3.8) is 0 Å². The van der Waals surface area contributed by atoms with Gasteiger partial charge in [-0.15, -0.1) is 0 Å². The van der Waals surface area contributed by atoms with Crippen molar-refractivity contribution in [3.05, 3.63) is 54.1 Å². The van der Waals surface area contributed by atoms with Crippen molar-refractivity contribution in [1.29, 1.82) is 0 Å². The summed E-state index contributed by atoms with van der Waals surface area (Å²) >= 11 is 0. The van der Waals surface area contributed by atoms with Gasteiger partial charge in [0.25, 0.3) is 5.91 Å². The van der Waals surface area contributed by atoms with E-state index in [0.29, 0.717) is 17.3 Å². The summed E-state index contributed by atoms with van der Waals surface area (Å²) in [5.41, 5.74) is 8.12. The fraction of sp³-hybridized carbons (Fsp3) is 0.316. The predicted octanol–water partition coefficient (Wildman–Crippen LogP) is 4.19. The van der Waals surface area contributed by atoms with Crippen LogP contribution in [0.4, 0.5) is 11.4 Å². The highest BCUT2D eigenvalue weighted by atomic mass is 16.5. The lowest BCUT2D eigenvalue weighted by Gasteiger charge is -2.19. The van der Waals surface area contributed by atoms with E-state index in [-0.39, 0.29) is 5.91 Å². The molecule has 0 heterocycles. The van der Waals surface area contributed by atoms with Crippen molar-refractivity contribution < 1.29 is 9.53 Å². The molecule has 0 aliphatic rings. The third-order valence-corrected chi connectivity index (χ3v) is 3.89. The number of nitrogen functional groups attached to an aromatic ring is 1. The Bertz CT molecular complexity index is 670. The Balaban J connectivity index is 2.07. The monoisotopic (exact) mass is 312 g/mol. The number of nitrogens with one attached hydrogen (secondary N) is 1. The first kappa shape index (κ1) is 16.9. The van der Waals surface area contributed by atoms with E-state index in [9.17, 15) is 4.79 Å². The van der Waals surface area contributed by atoms with Crippen LogP contribution in [0.3, 0.4) is 0 Å². The first-order valence-corrected chi connectivity index (χ1v) is 7.93. The molecule has 4 heteroatoms. The van der Waals surface area contributed by atoms with Gasteiger partial charge in [0.15, 0.2) is 6.10 Å². The van der Waals surface area contributed by atoms with Crippen LogP contribution in [0, 0.1) is 0 Å². The van der Waals surface area contributed by atoms with Crippen LogP contribution in [0.25, 0.3) is 0 Å². The molecule has 3 N–H and O–H groups in total. The molecule has 0 spiro atoms. The molecule has 2 aromatic carbocycles. The second kappa shape index (κ2) is 7.68. The average molecular weight is 312 g/mol. The van der Waals surface area contributed by atoms with Gasteiger partial charge in [-0.3, -0.25) is 4.79 Å². The highest BCUT2D eigenvalue weighted by molar-refractivity contribution is 5.94. The summed E-state index contributed by atoms with van der Waals surface area (Å²) in [6.07, 6.45) is 0.422. The van der Waals surface area contributed by atoms with Gasteiger partial charge in [0.1, 0.15) is 5.75 Å². The number of para-hydroxylation sites is 1. The molecule has 0 fully saturated rings. The third kappa shape index (κ3) is 4.49. The quantitative estimate of drug-likeness (QED) is 0.786. The minimum atomic E-state index is -0.596. The van der Waals surface area contributed by atoms with E-state index in [0.717, 1.165) is 17.7 Å². The Labute approximate surface area is 137 Å². The molecule has 0 bridgehead atoms. The molecule has 0 saturated carbocycles. The predicted molar refractivity (Wildman–Crippen MR) is 94.7 cm³/mol. The summed E-state index contributed by atoms with van der Waals surface area (Å²) in [6, 6.07) is 15.0. The molecule has 2 atom stereocenters. The molecule has 0 aromatic heterocycles. The average Bonchev–Trinajstić information content (AvgIpc) is 2.54. The van der Waals surface area contributed by atoms with E-state index < -0.39 is 6.10 Å². The maximum atomic E-state index is 12.3. The minimum absolute atomic E-state index is 0.199. The standard InChI is InChI=1S/C19H24N2O2/c1-4-13(2)17-10-5-6-11-18(17)23-14(3)19(22)21-16-9-7-8-15(20)12-16/h5-14H,4,20H2,1-3H3,(H,21,22)/t13-,14+/m1/s1. The van der Waals surface area contributed by atoms with Gasteiger partial charge in [-0.05, 0) is 49.1 Å². The fourth-order valence-electron chi connectivity index (χ4n) is 2.32. The van der Waals surface area contributed by atoms with E-state index in [4.69, 9.17) is 10.5 Å². The summed E-state index contributed by atoms with van der Waals surface area (Å²) in [4.78, 5) is 12.3. The number of rotatable bonds is 6. The maximum Gasteiger partial charge on any atom is 0.265 e. The van der Waals surface area contributed by atoms with Gasteiger partial charge in [-0.1, -0.05) is 38.1 Å². The fourth-order valence-corrected chi connectivity index (χ4v) is 2.32. The van der Waals surface area contributed by atoms with E-state index in [1.165, 1.54) is 0 Å². The Hall–Kier alpha value is -2.49. The van der Waals surface area contributed by atoms with Gasteiger partial charge in [0, 0.05) is 11.4 Å². The number of carbonyl (C=O) groups is 1. The van der Waals surface area contributed by atoms with Crippen LogP contribution in [0.5, 0.6) is 5.75 Å². The lowest BCUT2D eigenvalue weighted by molar-refractivity contribution is -0.122. The zero-order valence-corrected chi connectivity index (χ0v) is 13.9. The highest BCUT2D eigenvalue weighted by Crippen LogP contribution is 2.29. The summed E-state index contributed by atoms with van der Waals surface area (Å²) < 4.78 is 5.89. The smallest absolute Gasteiger partial charge is 0.265 e. The number of amides is 1. The van der Waals surface area contributed by atoms with Crippen molar-refractivity contribution in [1.82, 2.24) is 0 Å². The first-order chi connectivity index (χ1) is 11.0. The number of hydrogen-bond acceptors (Lipinski definition) is 3. The zero-order chi connectivity index (χ0) is 16.8.